The van der Waals surface area contributed by atoms with Crippen LogP contribution in [0.2, 0.25) is 0 Å². The summed E-state index contributed by atoms with van der Waals surface area (Å²) in [5.74, 6) is -4.57. The topological polar surface area (TPSA) is 251 Å². The maximum atomic E-state index is 12.8. The lowest BCUT2D eigenvalue weighted by Crippen LogP contribution is -2.48. The number of aliphatic imine (C=N–C) groups is 1. The molecule has 0 aliphatic rings. The fourth-order valence-electron chi connectivity index (χ4n) is 3.38. The third kappa shape index (κ3) is 12.9. The van der Waals surface area contributed by atoms with E-state index in [2.05, 4.69) is 4.99 Å². The summed E-state index contributed by atoms with van der Waals surface area (Å²) in [4.78, 5) is 63.2. The fraction of sp³-hybridized carbons (Fsp3) is 0.333. The Morgan fingerprint density at radius 2 is 1.44 bits per heavy atom. The highest BCUT2D eigenvalue weighted by Crippen LogP contribution is 2.18. The summed E-state index contributed by atoms with van der Waals surface area (Å²) >= 11 is 0. The number of amides is 1. The van der Waals surface area contributed by atoms with Crippen LogP contribution in [0, 0.1) is 0 Å². The Balaban J connectivity index is 1.94. The number of hydrogen-bond acceptors (Lipinski definition) is 10. The molecule has 0 radical (unpaired) electrons. The van der Waals surface area contributed by atoms with E-state index in [1.165, 1.54) is 48.5 Å². The van der Waals surface area contributed by atoms with E-state index in [4.69, 9.17) is 40.6 Å². The van der Waals surface area contributed by atoms with Crippen LogP contribution in [-0.4, -0.2) is 95.2 Å². The van der Waals surface area contributed by atoms with Crippen molar-refractivity contribution in [2.24, 2.45) is 16.5 Å². The molecule has 1 atom stereocenters. The average molecular weight is 605 g/mol. The number of guanidine groups is 1. The molecular weight excluding hydrogens is 572 g/mol. The lowest BCUT2D eigenvalue weighted by molar-refractivity contribution is -0.149. The molecule has 1 amide bonds. The Hall–Kier alpha value is -5.22. The van der Waals surface area contributed by atoms with Crippen molar-refractivity contribution in [2.75, 3.05) is 33.0 Å². The molecule has 16 nitrogen and oxygen atoms in total. The molecule has 0 saturated carbocycles. The van der Waals surface area contributed by atoms with Gasteiger partial charge in [-0.05, 0) is 42.0 Å². The van der Waals surface area contributed by atoms with Crippen molar-refractivity contribution in [3.05, 3.63) is 59.7 Å². The van der Waals surface area contributed by atoms with E-state index in [-0.39, 0.29) is 63.3 Å². The van der Waals surface area contributed by atoms with E-state index in [1.807, 2.05) is 0 Å². The van der Waals surface area contributed by atoms with Crippen LogP contribution in [0.3, 0.4) is 0 Å². The van der Waals surface area contributed by atoms with Crippen LogP contribution in [0.4, 0.5) is 10.5 Å². The zero-order valence-corrected chi connectivity index (χ0v) is 22.9. The number of hydrogen-bond donors (Lipinski definition) is 5. The number of nitrogens with zero attached hydrogens (tertiary/aromatic N) is 2. The summed E-state index contributed by atoms with van der Waals surface area (Å²) in [7, 11) is 0. The van der Waals surface area contributed by atoms with Crippen molar-refractivity contribution in [3.63, 3.8) is 0 Å². The average Bonchev–Trinajstić information content (AvgIpc) is 2.94. The summed E-state index contributed by atoms with van der Waals surface area (Å²) < 4.78 is 20.9. The highest BCUT2D eigenvalue weighted by Gasteiger charge is 2.32. The zero-order chi connectivity index (χ0) is 31.8. The predicted octanol–water partition coefficient (Wildman–Crippen LogP) is 1.19. The van der Waals surface area contributed by atoms with Gasteiger partial charge in [0, 0.05) is 6.54 Å². The molecule has 2 aromatic rings. The molecule has 1 unspecified atom stereocenters. The van der Waals surface area contributed by atoms with Crippen LogP contribution in [0.25, 0.3) is 0 Å². The first kappa shape index (κ1) is 34.0. The molecule has 232 valence electrons. The molecule has 0 heterocycles. The molecule has 0 aliphatic heterocycles. The zero-order valence-electron chi connectivity index (χ0n) is 22.9. The second-order valence-electron chi connectivity index (χ2n) is 8.69. The van der Waals surface area contributed by atoms with Gasteiger partial charge >= 0.3 is 30.0 Å². The summed E-state index contributed by atoms with van der Waals surface area (Å²) in [6, 6.07) is 10.3. The number of carbonyl (C=O) groups excluding carboxylic acids is 2. The first-order valence-electron chi connectivity index (χ1n) is 12.7. The fourth-order valence-corrected chi connectivity index (χ4v) is 3.38. The number of carboxylic acid groups (broad SMARTS) is 3. The van der Waals surface area contributed by atoms with E-state index < -0.39 is 42.4 Å². The summed E-state index contributed by atoms with van der Waals surface area (Å²) in [5, 5.41) is 27.2. The van der Waals surface area contributed by atoms with Crippen molar-refractivity contribution >= 4 is 41.6 Å². The normalized spacial score (nSPS) is 11.2. The molecule has 7 N–H and O–H groups in total. The van der Waals surface area contributed by atoms with Gasteiger partial charge in [0.05, 0.1) is 50.5 Å². The van der Waals surface area contributed by atoms with Crippen LogP contribution in [0.5, 0.6) is 5.75 Å². The van der Waals surface area contributed by atoms with Crippen molar-refractivity contribution in [2.45, 2.75) is 25.5 Å². The number of esters is 1. The number of nitrogens with two attached hydrogens (primary N) is 2. The summed E-state index contributed by atoms with van der Waals surface area (Å²) in [6.07, 6.45) is -2.14. The SMILES string of the molecule is NC(N)=Nc1ccc(C(=O)Oc2ccc(COC(=O)N(CCOCCOCCC(=O)O)C(CC(=O)O)C(=O)O)cc2)cc1. The maximum absolute atomic E-state index is 12.8. The molecule has 0 aliphatic carbocycles. The molecule has 16 heteroatoms. The standard InChI is InChI=1S/C27H32N4O12/c28-26(29)30-19-5-3-18(4-6-19)25(38)43-20-7-1-17(2-8-20)16-42-27(39)31(21(24(36)37)15-23(34)35)10-12-41-14-13-40-11-9-22(32)33/h1-8,21H,9-16H2,(H,32,33)(H,34,35)(H,36,37)(H4,28,29,30). The van der Waals surface area contributed by atoms with Crippen LogP contribution in [0.1, 0.15) is 28.8 Å². The van der Waals surface area contributed by atoms with Gasteiger partial charge in [-0.3, -0.25) is 14.5 Å². The largest absolute Gasteiger partial charge is 0.481 e. The Morgan fingerprint density at radius 1 is 0.814 bits per heavy atom. The van der Waals surface area contributed by atoms with Gasteiger partial charge in [-0.25, -0.2) is 19.4 Å². The third-order valence-electron chi connectivity index (χ3n) is 5.43. The van der Waals surface area contributed by atoms with Crippen LogP contribution < -0.4 is 16.2 Å². The van der Waals surface area contributed by atoms with E-state index in [0.29, 0.717) is 11.3 Å². The lowest BCUT2D eigenvalue weighted by Gasteiger charge is -2.27. The van der Waals surface area contributed by atoms with E-state index in [0.717, 1.165) is 4.90 Å². The molecule has 43 heavy (non-hydrogen) atoms. The van der Waals surface area contributed by atoms with Gasteiger partial charge < -0.3 is 45.7 Å². The number of carbonyl (C=O) groups is 5. The van der Waals surface area contributed by atoms with Gasteiger partial charge in [0.15, 0.2) is 5.96 Å². The maximum Gasteiger partial charge on any atom is 0.410 e. The van der Waals surface area contributed by atoms with Gasteiger partial charge in [-0.15, -0.1) is 0 Å². The van der Waals surface area contributed by atoms with Crippen LogP contribution >= 0.6 is 0 Å². The second-order valence-corrected chi connectivity index (χ2v) is 8.69. The van der Waals surface area contributed by atoms with Crippen molar-refractivity contribution in [3.8, 4) is 5.75 Å². The molecule has 0 fully saturated rings. The smallest absolute Gasteiger partial charge is 0.410 e. The van der Waals surface area contributed by atoms with E-state index in [9.17, 15) is 29.1 Å². The monoisotopic (exact) mass is 604 g/mol. The number of carboxylic acids is 3. The molecule has 2 aromatic carbocycles. The Labute approximate surface area is 245 Å². The Morgan fingerprint density at radius 3 is 2.00 bits per heavy atom. The highest BCUT2D eigenvalue weighted by atomic mass is 16.6. The number of aliphatic carboxylic acids is 3. The van der Waals surface area contributed by atoms with Crippen molar-refractivity contribution in [1.82, 2.24) is 4.90 Å². The predicted molar refractivity (Wildman–Crippen MR) is 148 cm³/mol. The first-order chi connectivity index (χ1) is 20.5. The van der Waals surface area contributed by atoms with E-state index in [1.54, 1.807) is 0 Å². The summed E-state index contributed by atoms with van der Waals surface area (Å²) in [6.45, 7) is -0.702. The molecule has 0 bridgehead atoms. The number of benzene rings is 2. The molecular formula is C27H32N4O12. The lowest BCUT2D eigenvalue weighted by atomic mass is 10.2. The van der Waals surface area contributed by atoms with Crippen molar-refractivity contribution in [1.29, 1.82) is 0 Å². The van der Waals surface area contributed by atoms with Gasteiger partial charge in [0.25, 0.3) is 0 Å². The van der Waals surface area contributed by atoms with E-state index >= 15 is 0 Å². The minimum absolute atomic E-state index is 0.0180. The Bertz CT molecular complexity index is 1280. The van der Waals surface area contributed by atoms with Gasteiger partial charge in [0.2, 0.25) is 0 Å². The van der Waals surface area contributed by atoms with Gasteiger partial charge in [0.1, 0.15) is 18.4 Å². The van der Waals surface area contributed by atoms with Gasteiger partial charge in [-0.1, -0.05) is 12.1 Å². The molecule has 0 aromatic heterocycles. The minimum Gasteiger partial charge on any atom is -0.481 e. The quantitative estimate of drug-likeness (QED) is 0.0527. The number of ether oxygens (including phenoxy) is 4. The van der Waals surface area contributed by atoms with Crippen LogP contribution in [-0.2, 0) is 35.2 Å². The molecule has 0 spiro atoms. The molecule has 0 saturated heterocycles. The second kappa shape index (κ2) is 17.6. The van der Waals surface area contributed by atoms with Crippen molar-refractivity contribution < 1.29 is 58.2 Å². The van der Waals surface area contributed by atoms with Crippen LogP contribution in [0.15, 0.2) is 53.5 Å². The third-order valence-corrected chi connectivity index (χ3v) is 5.43. The number of rotatable bonds is 18. The highest BCUT2D eigenvalue weighted by molar-refractivity contribution is 5.91. The Kier molecular flexibility index (Phi) is 13.9. The molecule has 2 rings (SSSR count). The summed E-state index contributed by atoms with van der Waals surface area (Å²) in [5.41, 5.74) is 11.8. The minimum atomic E-state index is -1.73. The first-order valence-corrected chi connectivity index (χ1v) is 12.7. The van der Waals surface area contributed by atoms with Gasteiger partial charge in [-0.2, -0.15) is 0 Å².